The minimum Gasteiger partial charge on any atom is -0.468 e. The first-order chi connectivity index (χ1) is 7.31. The second kappa shape index (κ2) is 4.97. The van der Waals surface area contributed by atoms with E-state index in [1.807, 2.05) is 0 Å². The lowest BCUT2D eigenvalue weighted by atomic mass is 9.83. The molecule has 1 saturated heterocycles. The van der Waals surface area contributed by atoms with Gasteiger partial charge in [0, 0.05) is 6.04 Å². The molecule has 1 aliphatic carbocycles. The van der Waals surface area contributed by atoms with Crippen molar-refractivity contribution in [3.05, 3.63) is 0 Å². The van der Waals surface area contributed by atoms with Gasteiger partial charge >= 0.3 is 5.97 Å². The van der Waals surface area contributed by atoms with Crippen LogP contribution in [0.15, 0.2) is 0 Å². The number of hydrogen-bond donors (Lipinski definition) is 1. The zero-order valence-electron chi connectivity index (χ0n) is 9.50. The molecule has 2 fully saturated rings. The molecule has 0 spiro atoms. The lowest BCUT2D eigenvalue weighted by Crippen LogP contribution is -2.40. The van der Waals surface area contributed by atoms with E-state index in [2.05, 4.69) is 5.32 Å². The average molecular weight is 211 g/mol. The van der Waals surface area contributed by atoms with Crippen LogP contribution in [0.3, 0.4) is 0 Å². The normalized spacial score (nSPS) is 32.9. The van der Waals surface area contributed by atoms with Gasteiger partial charge in [-0.1, -0.05) is 19.3 Å². The maximum absolute atomic E-state index is 11.4. The Bertz CT molecular complexity index is 224. The first-order valence-electron chi connectivity index (χ1n) is 6.15. The van der Waals surface area contributed by atoms with E-state index in [0.717, 1.165) is 18.8 Å². The topological polar surface area (TPSA) is 38.3 Å². The number of esters is 1. The summed E-state index contributed by atoms with van der Waals surface area (Å²) in [5.41, 5.74) is 0. The Morgan fingerprint density at radius 1 is 1.13 bits per heavy atom. The van der Waals surface area contributed by atoms with Crippen LogP contribution in [0.5, 0.6) is 0 Å². The highest BCUT2D eigenvalue weighted by molar-refractivity contribution is 5.76. The van der Waals surface area contributed by atoms with Crippen LogP contribution in [-0.4, -0.2) is 25.2 Å². The molecule has 0 bridgehead atoms. The van der Waals surface area contributed by atoms with Gasteiger partial charge in [0.2, 0.25) is 0 Å². The van der Waals surface area contributed by atoms with Crippen LogP contribution in [0, 0.1) is 5.92 Å². The Morgan fingerprint density at radius 2 is 1.87 bits per heavy atom. The number of nitrogens with one attached hydrogen (secondary N) is 1. The molecule has 3 heteroatoms. The van der Waals surface area contributed by atoms with Crippen molar-refractivity contribution >= 4 is 5.97 Å². The van der Waals surface area contributed by atoms with Gasteiger partial charge in [-0.25, -0.2) is 0 Å². The Labute approximate surface area is 91.6 Å². The van der Waals surface area contributed by atoms with Crippen LogP contribution < -0.4 is 5.32 Å². The van der Waals surface area contributed by atoms with Crippen LogP contribution in [-0.2, 0) is 9.53 Å². The summed E-state index contributed by atoms with van der Waals surface area (Å²) in [4.78, 5) is 11.4. The van der Waals surface area contributed by atoms with Gasteiger partial charge in [0.1, 0.15) is 6.04 Å². The SMILES string of the molecule is COC(=O)[C@@H]1CC[C@@H](C2CCCCC2)N1. The van der Waals surface area contributed by atoms with Gasteiger partial charge in [-0.15, -0.1) is 0 Å². The van der Waals surface area contributed by atoms with Gasteiger partial charge in [0.15, 0.2) is 0 Å². The highest BCUT2D eigenvalue weighted by Crippen LogP contribution is 2.31. The fourth-order valence-electron chi connectivity index (χ4n) is 3.01. The zero-order chi connectivity index (χ0) is 10.7. The maximum Gasteiger partial charge on any atom is 0.322 e. The number of carbonyl (C=O) groups is 1. The third kappa shape index (κ3) is 2.51. The predicted octanol–water partition coefficient (Wildman–Crippen LogP) is 1.86. The molecule has 1 saturated carbocycles. The summed E-state index contributed by atoms with van der Waals surface area (Å²) in [7, 11) is 1.47. The van der Waals surface area contributed by atoms with Crippen LogP contribution in [0.2, 0.25) is 0 Å². The molecular formula is C12H21NO2. The first-order valence-corrected chi connectivity index (χ1v) is 6.15. The molecule has 0 amide bonds. The van der Waals surface area contributed by atoms with E-state index in [1.54, 1.807) is 0 Å². The standard InChI is InChI=1S/C12H21NO2/c1-15-12(14)11-8-7-10(13-11)9-5-3-2-4-6-9/h9-11,13H,2-8H2,1H3/t10-,11-/m0/s1. The summed E-state index contributed by atoms with van der Waals surface area (Å²) < 4.78 is 4.77. The van der Waals surface area contributed by atoms with Crippen molar-refractivity contribution in [3.63, 3.8) is 0 Å². The molecular weight excluding hydrogens is 190 g/mol. The second-order valence-corrected chi connectivity index (χ2v) is 4.82. The summed E-state index contributed by atoms with van der Waals surface area (Å²) >= 11 is 0. The fraction of sp³-hybridized carbons (Fsp3) is 0.917. The van der Waals surface area contributed by atoms with E-state index >= 15 is 0 Å². The van der Waals surface area contributed by atoms with Gasteiger partial charge in [-0.05, 0) is 31.6 Å². The lowest BCUT2D eigenvalue weighted by molar-refractivity contribution is -0.142. The van der Waals surface area contributed by atoms with Crippen LogP contribution in [0.1, 0.15) is 44.9 Å². The highest BCUT2D eigenvalue weighted by Gasteiger charge is 2.34. The number of rotatable bonds is 2. The maximum atomic E-state index is 11.4. The third-order valence-electron chi connectivity index (χ3n) is 3.89. The van der Waals surface area contributed by atoms with Crippen molar-refractivity contribution in [1.29, 1.82) is 0 Å². The first kappa shape index (κ1) is 10.9. The Morgan fingerprint density at radius 3 is 2.53 bits per heavy atom. The molecule has 2 aliphatic rings. The van der Waals surface area contributed by atoms with Crippen molar-refractivity contribution in [3.8, 4) is 0 Å². The predicted molar refractivity (Wildman–Crippen MR) is 58.5 cm³/mol. The van der Waals surface area contributed by atoms with Gasteiger partial charge in [-0.3, -0.25) is 4.79 Å². The van der Waals surface area contributed by atoms with Crippen LogP contribution in [0.4, 0.5) is 0 Å². The molecule has 0 unspecified atom stereocenters. The molecule has 15 heavy (non-hydrogen) atoms. The monoisotopic (exact) mass is 211 g/mol. The molecule has 0 radical (unpaired) electrons. The largest absolute Gasteiger partial charge is 0.468 e. The average Bonchev–Trinajstić information content (AvgIpc) is 2.78. The molecule has 0 aromatic carbocycles. The van der Waals surface area contributed by atoms with E-state index in [-0.39, 0.29) is 12.0 Å². The highest BCUT2D eigenvalue weighted by atomic mass is 16.5. The Kier molecular flexibility index (Phi) is 3.62. The smallest absolute Gasteiger partial charge is 0.322 e. The van der Waals surface area contributed by atoms with E-state index in [9.17, 15) is 4.79 Å². The van der Waals surface area contributed by atoms with E-state index in [1.165, 1.54) is 39.2 Å². The zero-order valence-corrected chi connectivity index (χ0v) is 9.50. The van der Waals surface area contributed by atoms with Crippen LogP contribution >= 0.6 is 0 Å². The summed E-state index contributed by atoms with van der Waals surface area (Å²) in [5, 5.41) is 3.44. The third-order valence-corrected chi connectivity index (χ3v) is 3.89. The molecule has 1 N–H and O–H groups in total. The number of ether oxygens (including phenoxy) is 1. The minimum absolute atomic E-state index is 0.0399. The quantitative estimate of drug-likeness (QED) is 0.708. The Hall–Kier alpha value is -0.570. The minimum atomic E-state index is -0.0895. The summed E-state index contributed by atoms with van der Waals surface area (Å²) in [6.45, 7) is 0. The van der Waals surface area contributed by atoms with Crippen molar-refractivity contribution < 1.29 is 9.53 Å². The van der Waals surface area contributed by atoms with Crippen molar-refractivity contribution in [2.24, 2.45) is 5.92 Å². The Balaban J connectivity index is 1.83. The molecule has 1 aliphatic heterocycles. The van der Waals surface area contributed by atoms with Gasteiger partial charge in [0.25, 0.3) is 0 Å². The fourth-order valence-corrected chi connectivity index (χ4v) is 3.01. The van der Waals surface area contributed by atoms with E-state index in [0.29, 0.717) is 6.04 Å². The van der Waals surface area contributed by atoms with E-state index < -0.39 is 0 Å². The summed E-state index contributed by atoms with van der Waals surface area (Å²) in [5.74, 6) is 0.710. The molecule has 86 valence electrons. The van der Waals surface area contributed by atoms with E-state index in [4.69, 9.17) is 4.74 Å². The second-order valence-electron chi connectivity index (χ2n) is 4.82. The van der Waals surface area contributed by atoms with Crippen LogP contribution in [0.25, 0.3) is 0 Å². The number of methoxy groups -OCH3 is 1. The molecule has 0 aromatic heterocycles. The molecule has 1 heterocycles. The van der Waals surface area contributed by atoms with Gasteiger partial charge in [0.05, 0.1) is 7.11 Å². The number of carbonyl (C=O) groups excluding carboxylic acids is 1. The molecule has 0 aromatic rings. The molecule has 2 atom stereocenters. The van der Waals surface area contributed by atoms with Gasteiger partial charge < -0.3 is 10.1 Å². The van der Waals surface area contributed by atoms with Crippen molar-refractivity contribution in [2.45, 2.75) is 57.0 Å². The van der Waals surface area contributed by atoms with Crippen molar-refractivity contribution in [1.82, 2.24) is 5.32 Å². The van der Waals surface area contributed by atoms with Crippen molar-refractivity contribution in [2.75, 3.05) is 7.11 Å². The lowest BCUT2D eigenvalue weighted by Gasteiger charge is -2.27. The molecule has 2 rings (SSSR count). The van der Waals surface area contributed by atoms with Gasteiger partial charge in [-0.2, -0.15) is 0 Å². The molecule has 3 nitrogen and oxygen atoms in total. The summed E-state index contributed by atoms with van der Waals surface area (Å²) in [6.07, 6.45) is 8.90. The number of hydrogen-bond acceptors (Lipinski definition) is 3. The summed E-state index contributed by atoms with van der Waals surface area (Å²) in [6, 6.07) is 0.524.